The SMILES string of the molecule is Cc1ccc(C(N)C2(C)CCCCO2)cc1. The summed E-state index contributed by atoms with van der Waals surface area (Å²) in [6.07, 6.45) is 3.44. The lowest BCUT2D eigenvalue weighted by molar-refractivity contribution is -0.0820. The minimum atomic E-state index is -0.187. The van der Waals surface area contributed by atoms with E-state index in [9.17, 15) is 0 Å². The van der Waals surface area contributed by atoms with Gasteiger partial charge in [0.25, 0.3) is 0 Å². The number of rotatable bonds is 2. The Labute approximate surface area is 97.8 Å². The second-order valence-corrected chi connectivity index (χ2v) is 5.01. The summed E-state index contributed by atoms with van der Waals surface area (Å²) in [5.41, 5.74) is 8.59. The van der Waals surface area contributed by atoms with E-state index in [1.165, 1.54) is 17.5 Å². The molecule has 88 valence electrons. The molecule has 0 amide bonds. The van der Waals surface area contributed by atoms with Crippen molar-refractivity contribution in [1.29, 1.82) is 0 Å². The molecular weight excluding hydrogens is 198 g/mol. The van der Waals surface area contributed by atoms with Gasteiger partial charge in [0.1, 0.15) is 0 Å². The molecule has 2 atom stereocenters. The van der Waals surface area contributed by atoms with Crippen molar-refractivity contribution < 1.29 is 4.74 Å². The highest BCUT2D eigenvalue weighted by molar-refractivity contribution is 5.26. The van der Waals surface area contributed by atoms with Crippen LogP contribution in [-0.4, -0.2) is 12.2 Å². The van der Waals surface area contributed by atoms with Crippen LogP contribution in [0.5, 0.6) is 0 Å². The Morgan fingerprint density at radius 3 is 2.50 bits per heavy atom. The third-order valence-corrected chi connectivity index (χ3v) is 3.59. The van der Waals surface area contributed by atoms with Gasteiger partial charge in [-0.2, -0.15) is 0 Å². The van der Waals surface area contributed by atoms with Gasteiger partial charge in [-0.3, -0.25) is 0 Å². The van der Waals surface area contributed by atoms with Gasteiger partial charge in [-0.1, -0.05) is 29.8 Å². The Bertz CT molecular complexity index is 338. The van der Waals surface area contributed by atoms with Gasteiger partial charge >= 0.3 is 0 Å². The Morgan fingerprint density at radius 1 is 1.25 bits per heavy atom. The fourth-order valence-electron chi connectivity index (χ4n) is 2.33. The van der Waals surface area contributed by atoms with Crippen molar-refractivity contribution in [1.82, 2.24) is 0 Å². The Balaban J connectivity index is 2.16. The van der Waals surface area contributed by atoms with Crippen LogP contribution in [0.1, 0.15) is 43.4 Å². The Kier molecular flexibility index (Phi) is 3.31. The first kappa shape index (κ1) is 11.6. The zero-order valence-corrected chi connectivity index (χ0v) is 10.2. The van der Waals surface area contributed by atoms with Crippen LogP contribution in [0.4, 0.5) is 0 Å². The van der Waals surface area contributed by atoms with Crippen molar-refractivity contribution in [3.05, 3.63) is 35.4 Å². The van der Waals surface area contributed by atoms with Gasteiger partial charge in [0, 0.05) is 6.61 Å². The van der Waals surface area contributed by atoms with Crippen molar-refractivity contribution in [2.75, 3.05) is 6.61 Å². The molecule has 16 heavy (non-hydrogen) atoms. The van der Waals surface area contributed by atoms with Crippen molar-refractivity contribution in [3.63, 3.8) is 0 Å². The number of nitrogens with two attached hydrogens (primary N) is 1. The zero-order valence-electron chi connectivity index (χ0n) is 10.2. The second-order valence-electron chi connectivity index (χ2n) is 5.01. The molecule has 1 aromatic rings. The van der Waals surface area contributed by atoms with Gasteiger partial charge in [0.2, 0.25) is 0 Å². The van der Waals surface area contributed by atoms with E-state index >= 15 is 0 Å². The number of ether oxygens (including phenoxy) is 1. The molecule has 2 heteroatoms. The van der Waals surface area contributed by atoms with Crippen LogP contribution in [0.2, 0.25) is 0 Å². The molecule has 0 spiro atoms. The van der Waals surface area contributed by atoms with Crippen LogP contribution in [0, 0.1) is 6.92 Å². The monoisotopic (exact) mass is 219 g/mol. The summed E-state index contributed by atoms with van der Waals surface area (Å²) in [4.78, 5) is 0. The van der Waals surface area contributed by atoms with Gasteiger partial charge in [-0.15, -0.1) is 0 Å². The molecule has 1 heterocycles. The number of aryl methyl sites for hydroxylation is 1. The van der Waals surface area contributed by atoms with Crippen LogP contribution < -0.4 is 5.73 Å². The van der Waals surface area contributed by atoms with E-state index < -0.39 is 0 Å². The van der Waals surface area contributed by atoms with E-state index in [0.717, 1.165) is 19.4 Å². The summed E-state index contributed by atoms with van der Waals surface area (Å²) in [5, 5.41) is 0. The van der Waals surface area contributed by atoms with Gasteiger partial charge < -0.3 is 10.5 Å². The largest absolute Gasteiger partial charge is 0.373 e. The summed E-state index contributed by atoms with van der Waals surface area (Å²) in [6, 6.07) is 8.43. The Hall–Kier alpha value is -0.860. The van der Waals surface area contributed by atoms with E-state index in [2.05, 4.69) is 38.1 Å². The van der Waals surface area contributed by atoms with E-state index in [4.69, 9.17) is 10.5 Å². The fourth-order valence-corrected chi connectivity index (χ4v) is 2.33. The van der Waals surface area contributed by atoms with Crippen molar-refractivity contribution in [3.8, 4) is 0 Å². The minimum Gasteiger partial charge on any atom is -0.373 e. The van der Waals surface area contributed by atoms with Crippen molar-refractivity contribution >= 4 is 0 Å². The summed E-state index contributed by atoms with van der Waals surface area (Å²) in [7, 11) is 0. The van der Waals surface area contributed by atoms with Crippen LogP contribution in [0.3, 0.4) is 0 Å². The summed E-state index contributed by atoms with van der Waals surface area (Å²) < 4.78 is 5.89. The molecule has 0 aliphatic carbocycles. The summed E-state index contributed by atoms with van der Waals surface area (Å²) in [5.74, 6) is 0. The first-order valence-corrected chi connectivity index (χ1v) is 6.08. The average molecular weight is 219 g/mol. The van der Waals surface area contributed by atoms with Gasteiger partial charge in [0.05, 0.1) is 11.6 Å². The molecule has 2 rings (SSSR count). The van der Waals surface area contributed by atoms with Gasteiger partial charge in [-0.05, 0) is 38.7 Å². The van der Waals surface area contributed by atoms with Crippen LogP contribution in [0.25, 0.3) is 0 Å². The van der Waals surface area contributed by atoms with Crippen LogP contribution >= 0.6 is 0 Å². The van der Waals surface area contributed by atoms with Gasteiger partial charge in [-0.25, -0.2) is 0 Å². The minimum absolute atomic E-state index is 0.0200. The first-order valence-electron chi connectivity index (χ1n) is 6.08. The maximum absolute atomic E-state index is 6.33. The third kappa shape index (κ3) is 2.28. The normalized spacial score (nSPS) is 27.7. The maximum atomic E-state index is 6.33. The average Bonchev–Trinajstić information content (AvgIpc) is 2.30. The lowest BCUT2D eigenvalue weighted by atomic mass is 9.84. The van der Waals surface area contributed by atoms with Crippen molar-refractivity contribution in [2.45, 2.75) is 44.8 Å². The highest BCUT2D eigenvalue weighted by atomic mass is 16.5. The van der Waals surface area contributed by atoms with Crippen LogP contribution in [-0.2, 0) is 4.74 Å². The third-order valence-electron chi connectivity index (χ3n) is 3.59. The molecule has 1 aliphatic heterocycles. The molecule has 1 aromatic carbocycles. The summed E-state index contributed by atoms with van der Waals surface area (Å²) in [6.45, 7) is 5.07. The lowest BCUT2D eigenvalue weighted by Crippen LogP contribution is -2.43. The molecular formula is C14H21NO. The molecule has 0 radical (unpaired) electrons. The quantitative estimate of drug-likeness (QED) is 0.830. The molecule has 0 bridgehead atoms. The molecule has 2 unspecified atom stereocenters. The van der Waals surface area contributed by atoms with E-state index in [1.54, 1.807) is 0 Å². The van der Waals surface area contributed by atoms with Crippen molar-refractivity contribution in [2.24, 2.45) is 5.73 Å². The molecule has 1 aliphatic rings. The number of benzene rings is 1. The highest BCUT2D eigenvalue weighted by Crippen LogP contribution is 2.34. The topological polar surface area (TPSA) is 35.2 Å². The standard InChI is InChI=1S/C14H21NO/c1-11-5-7-12(8-6-11)13(15)14(2)9-3-4-10-16-14/h5-8,13H,3-4,9-10,15H2,1-2H3. The maximum Gasteiger partial charge on any atom is 0.0846 e. The summed E-state index contributed by atoms with van der Waals surface area (Å²) >= 11 is 0. The predicted molar refractivity (Wildman–Crippen MR) is 66.3 cm³/mol. The lowest BCUT2D eigenvalue weighted by Gasteiger charge is -2.39. The van der Waals surface area contributed by atoms with E-state index in [1.807, 2.05) is 0 Å². The highest BCUT2D eigenvalue weighted by Gasteiger charge is 2.35. The second kappa shape index (κ2) is 4.56. The molecule has 2 nitrogen and oxygen atoms in total. The molecule has 2 N–H and O–H groups in total. The predicted octanol–water partition coefficient (Wildman–Crippen LogP) is 2.95. The molecule has 0 saturated carbocycles. The number of hydrogen-bond acceptors (Lipinski definition) is 2. The molecule has 1 saturated heterocycles. The van der Waals surface area contributed by atoms with Gasteiger partial charge in [0.15, 0.2) is 0 Å². The number of hydrogen-bond donors (Lipinski definition) is 1. The zero-order chi connectivity index (χ0) is 11.6. The van der Waals surface area contributed by atoms with E-state index in [0.29, 0.717) is 0 Å². The smallest absolute Gasteiger partial charge is 0.0846 e. The Morgan fingerprint density at radius 2 is 1.94 bits per heavy atom. The first-order chi connectivity index (χ1) is 7.62. The molecule has 0 aromatic heterocycles. The van der Waals surface area contributed by atoms with E-state index in [-0.39, 0.29) is 11.6 Å². The van der Waals surface area contributed by atoms with Crippen LogP contribution in [0.15, 0.2) is 24.3 Å². The fraction of sp³-hybridized carbons (Fsp3) is 0.571. The molecule has 1 fully saturated rings.